The third-order valence-electron chi connectivity index (χ3n) is 4.28. The van der Waals surface area contributed by atoms with E-state index in [0.29, 0.717) is 5.02 Å². The smallest absolute Gasteiger partial charge is 0.168 e. The molecule has 2 heterocycles. The molecule has 3 rings (SSSR count). The summed E-state index contributed by atoms with van der Waals surface area (Å²) in [6.45, 7) is 6.45. The third kappa shape index (κ3) is 3.93. The minimum Gasteiger partial charge on any atom is -0.356 e. The highest BCUT2D eigenvalue weighted by Gasteiger charge is 2.16. The Morgan fingerprint density at radius 1 is 1.00 bits per heavy atom. The maximum Gasteiger partial charge on any atom is 0.168 e. The zero-order chi connectivity index (χ0) is 17.6. The van der Waals surface area contributed by atoms with Gasteiger partial charge in [-0.25, -0.2) is 14.6 Å². The molecule has 0 bridgehead atoms. The van der Waals surface area contributed by atoms with E-state index in [1.54, 1.807) is 6.33 Å². The lowest BCUT2D eigenvalue weighted by atomic mass is 10.2. The largest absolute Gasteiger partial charge is 0.356 e. The number of hydrogen-bond donors (Lipinski definition) is 0. The Morgan fingerprint density at radius 3 is 2.32 bits per heavy atom. The molecular weight excluding hydrogens is 334 g/mol. The van der Waals surface area contributed by atoms with Crippen LogP contribution in [0.4, 0.5) is 5.82 Å². The first-order chi connectivity index (χ1) is 12.2. The standard InChI is InChI=1S/C19H24ClN5/c1-3-5-11-24(12-6-4-2)18-17-13-23-25(19(17)22-14-21-18)16-9-7-15(20)8-10-16/h7-10,13-14H,3-6,11-12H2,1-2H3. The molecule has 0 radical (unpaired) electrons. The number of anilines is 1. The van der Waals surface area contributed by atoms with Crippen LogP contribution in [-0.4, -0.2) is 32.8 Å². The van der Waals surface area contributed by atoms with Gasteiger partial charge in [-0.1, -0.05) is 38.3 Å². The minimum absolute atomic E-state index is 0.709. The van der Waals surface area contributed by atoms with Crippen LogP contribution in [-0.2, 0) is 0 Å². The van der Waals surface area contributed by atoms with Crippen molar-refractivity contribution < 1.29 is 0 Å². The zero-order valence-corrected chi connectivity index (χ0v) is 15.6. The van der Waals surface area contributed by atoms with Gasteiger partial charge in [0.05, 0.1) is 17.3 Å². The highest BCUT2D eigenvalue weighted by atomic mass is 35.5. The van der Waals surface area contributed by atoms with Gasteiger partial charge in [-0.3, -0.25) is 0 Å². The van der Waals surface area contributed by atoms with E-state index in [1.165, 1.54) is 12.8 Å². The Hall–Kier alpha value is -2.14. The van der Waals surface area contributed by atoms with E-state index in [0.717, 1.165) is 48.5 Å². The Morgan fingerprint density at radius 2 is 1.68 bits per heavy atom. The molecular formula is C19H24ClN5. The normalized spacial score (nSPS) is 11.2. The molecule has 1 aromatic carbocycles. The van der Waals surface area contributed by atoms with Crippen LogP contribution in [0.2, 0.25) is 5.02 Å². The molecule has 0 spiro atoms. The molecule has 0 aliphatic rings. The minimum atomic E-state index is 0.709. The second kappa shape index (κ2) is 8.30. The van der Waals surface area contributed by atoms with Crippen molar-refractivity contribution in [3.8, 4) is 5.69 Å². The van der Waals surface area contributed by atoms with Crippen LogP contribution in [0.3, 0.4) is 0 Å². The molecule has 25 heavy (non-hydrogen) atoms. The summed E-state index contributed by atoms with van der Waals surface area (Å²) < 4.78 is 1.84. The maximum atomic E-state index is 5.99. The number of unbranched alkanes of at least 4 members (excludes halogenated alkanes) is 2. The highest BCUT2D eigenvalue weighted by Crippen LogP contribution is 2.25. The molecule has 0 fully saturated rings. The van der Waals surface area contributed by atoms with Crippen molar-refractivity contribution in [3.05, 3.63) is 41.8 Å². The van der Waals surface area contributed by atoms with Crippen molar-refractivity contribution in [2.24, 2.45) is 0 Å². The molecule has 0 amide bonds. The van der Waals surface area contributed by atoms with E-state index < -0.39 is 0 Å². The SMILES string of the molecule is CCCCN(CCCC)c1ncnc2c1cnn2-c1ccc(Cl)cc1. The average molecular weight is 358 g/mol. The molecule has 132 valence electrons. The van der Waals surface area contributed by atoms with Gasteiger partial charge in [0.1, 0.15) is 12.1 Å². The van der Waals surface area contributed by atoms with Crippen molar-refractivity contribution in [3.63, 3.8) is 0 Å². The predicted molar refractivity (Wildman–Crippen MR) is 104 cm³/mol. The van der Waals surface area contributed by atoms with E-state index in [2.05, 4.69) is 33.8 Å². The van der Waals surface area contributed by atoms with Crippen molar-refractivity contribution >= 4 is 28.5 Å². The molecule has 0 saturated carbocycles. The van der Waals surface area contributed by atoms with Crippen LogP contribution >= 0.6 is 11.6 Å². The fourth-order valence-corrected chi connectivity index (χ4v) is 3.00. The molecule has 2 aromatic heterocycles. The molecule has 0 aliphatic heterocycles. The Kier molecular flexibility index (Phi) is 5.87. The third-order valence-corrected chi connectivity index (χ3v) is 4.53. The van der Waals surface area contributed by atoms with Gasteiger partial charge in [0, 0.05) is 18.1 Å². The van der Waals surface area contributed by atoms with E-state index in [1.807, 2.05) is 35.1 Å². The number of benzene rings is 1. The zero-order valence-electron chi connectivity index (χ0n) is 14.8. The van der Waals surface area contributed by atoms with Crippen LogP contribution in [0, 0.1) is 0 Å². The fraction of sp³-hybridized carbons (Fsp3) is 0.421. The number of halogens is 1. The van der Waals surface area contributed by atoms with Gasteiger partial charge in [-0.05, 0) is 37.1 Å². The van der Waals surface area contributed by atoms with Crippen molar-refractivity contribution in [1.29, 1.82) is 0 Å². The summed E-state index contributed by atoms with van der Waals surface area (Å²) in [6, 6.07) is 7.62. The van der Waals surface area contributed by atoms with Gasteiger partial charge in [-0.15, -0.1) is 0 Å². The van der Waals surface area contributed by atoms with Crippen LogP contribution in [0.1, 0.15) is 39.5 Å². The number of nitrogens with zero attached hydrogens (tertiary/aromatic N) is 5. The summed E-state index contributed by atoms with van der Waals surface area (Å²) in [7, 11) is 0. The van der Waals surface area contributed by atoms with Gasteiger partial charge in [0.25, 0.3) is 0 Å². The Bertz CT molecular complexity index is 804. The van der Waals surface area contributed by atoms with Crippen LogP contribution in [0.5, 0.6) is 0 Å². The van der Waals surface area contributed by atoms with Crippen LogP contribution in [0.25, 0.3) is 16.7 Å². The number of fused-ring (bicyclic) bond motifs is 1. The lowest BCUT2D eigenvalue weighted by Gasteiger charge is -2.23. The Balaban J connectivity index is 2.00. The second-order valence-corrected chi connectivity index (χ2v) is 6.60. The first-order valence-corrected chi connectivity index (χ1v) is 9.32. The molecule has 5 nitrogen and oxygen atoms in total. The van der Waals surface area contributed by atoms with Gasteiger partial charge >= 0.3 is 0 Å². The van der Waals surface area contributed by atoms with Crippen molar-refractivity contribution in [2.75, 3.05) is 18.0 Å². The highest BCUT2D eigenvalue weighted by molar-refractivity contribution is 6.30. The molecule has 6 heteroatoms. The first-order valence-electron chi connectivity index (χ1n) is 8.94. The summed E-state index contributed by atoms with van der Waals surface area (Å²) in [5.74, 6) is 0.979. The Labute approximate surface area is 153 Å². The summed E-state index contributed by atoms with van der Waals surface area (Å²) in [4.78, 5) is 11.4. The lowest BCUT2D eigenvalue weighted by Crippen LogP contribution is -2.26. The van der Waals surface area contributed by atoms with E-state index in [4.69, 9.17) is 11.6 Å². The quantitative estimate of drug-likeness (QED) is 0.576. The summed E-state index contributed by atoms with van der Waals surface area (Å²) >= 11 is 5.99. The number of hydrogen-bond acceptors (Lipinski definition) is 4. The molecule has 3 aromatic rings. The van der Waals surface area contributed by atoms with E-state index >= 15 is 0 Å². The number of rotatable bonds is 8. The summed E-state index contributed by atoms with van der Waals surface area (Å²) in [6.07, 6.45) is 8.14. The van der Waals surface area contributed by atoms with Gasteiger partial charge < -0.3 is 4.90 Å². The topological polar surface area (TPSA) is 46.8 Å². The monoisotopic (exact) mass is 357 g/mol. The van der Waals surface area contributed by atoms with Gasteiger partial charge in [-0.2, -0.15) is 5.10 Å². The van der Waals surface area contributed by atoms with Crippen molar-refractivity contribution in [2.45, 2.75) is 39.5 Å². The van der Waals surface area contributed by atoms with Gasteiger partial charge in [0.2, 0.25) is 0 Å². The average Bonchev–Trinajstić information content (AvgIpc) is 3.07. The second-order valence-electron chi connectivity index (χ2n) is 6.16. The summed E-state index contributed by atoms with van der Waals surface area (Å²) in [5.41, 5.74) is 1.77. The van der Waals surface area contributed by atoms with Crippen LogP contribution < -0.4 is 4.90 Å². The molecule has 0 atom stereocenters. The molecule has 0 unspecified atom stereocenters. The molecule has 0 N–H and O–H groups in total. The van der Waals surface area contributed by atoms with Crippen LogP contribution in [0.15, 0.2) is 36.8 Å². The maximum absolute atomic E-state index is 5.99. The fourth-order valence-electron chi connectivity index (χ4n) is 2.88. The summed E-state index contributed by atoms with van der Waals surface area (Å²) in [5, 5.41) is 6.24. The number of aromatic nitrogens is 4. The van der Waals surface area contributed by atoms with E-state index in [9.17, 15) is 0 Å². The van der Waals surface area contributed by atoms with Gasteiger partial charge in [0.15, 0.2) is 5.65 Å². The molecule has 0 saturated heterocycles. The molecule has 0 aliphatic carbocycles. The van der Waals surface area contributed by atoms with E-state index in [-0.39, 0.29) is 0 Å². The van der Waals surface area contributed by atoms with Crippen molar-refractivity contribution in [1.82, 2.24) is 19.7 Å². The lowest BCUT2D eigenvalue weighted by molar-refractivity contribution is 0.673. The predicted octanol–water partition coefficient (Wildman–Crippen LogP) is 4.88. The first kappa shape index (κ1) is 17.7.